The van der Waals surface area contributed by atoms with E-state index in [4.69, 9.17) is 22.5 Å². The molecule has 0 bridgehead atoms. The average Bonchev–Trinajstić information content (AvgIpc) is 3.14. The number of nitrogens with zero attached hydrogens (tertiary/aromatic N) is 3. The second-order valence-corrected chi connectivity index (χ2v) is 7.97. The van der Waals surface area contributed by atoms with Gasteiger partial charge in [-0.05, 0) is 17.5 Å². The van der Waals surface area contributed by atoms with Crippen molar-refractivity contribution in [2.75, 3.05) is 12.0 Å². The quantitative estimate of drug-likeness (QED) is 0.287. The summed E-state index contributed by atoms with van der Waals surface area (Å²) in [6.45, 7) is 3.21. The van der Waals surface area contributed by atoms with Crippen LogP contribution in [-0.4, -0.2) is 21.0 Å². The predicted octanol–water partition coefficient (Wildman–Crippen LogP) is 4.25. The molecule has 2 aromatic heterocycles. The van der Waals surface area contributed by atoms with Gasteiger partial charge < -0.3 is 4.42 Å². The fraction of sp³-hybridized carbons (Fsp3) is 0.217. The van der Waals surface area contributed by atoms with E-state index >= 15 is 0 Å². The van der Waals surface area contributed by atoms with E-state index < -0.39 is 0 Å². The van der Waals surface area contributed by atoms with Crippen molar-refractivity contribution >= 4 is 29.3 Å². The summed E-state index contributed by atoms with van der Waals surface area (Å²) in [5.41, 5.74) is 6.86. The average molecular weight is 418 g/mol. The molecule has 1 aliphatic heterocycles. The third-order valence-electron chi connectivity index (χ3n) is 5.60. The molecule has 0 unspecified atom stereocenters. The highest BCUT2D eigenvalue weighted by Crippen LogP contribution is 2.32. The minimum Gasteiger partial charge on any atom is -0.441 e. The Bertz CT molecular complexity index is 1230. The summed E-state index contributed by atoms with van der Waals surface area (Å²) in [7, 11) is 0. The number of anilines is 1. The lowest BCUT2D eigenvalue weighted by Gasteiger charge is -2.25. The van der Waals surface area contributed by atoms with Crippen molar-refractivity contribution < 1.29 is 4.42 Å². The molecule has 3 heterocycles. The number of aromatic nitrogens is 2. The van der Waals surface area contributed by atoms with Gasteiger partial charge in [0, 0.05) is 18.7 Å². The minimum atomic E-state index is 0.503. The van der Waals surface area contributed by atoms with E-state index in [-0.39, 0.29) is 0 Å². The van der Waals surface area contributed by atoms with Crippen molar-refractivity contribution in [3.05, 3.63) is 87.8 Å². The van der Waals surface area contributed by atoms with Gasteiger partial charge >= 0.3 is 0 Å². The maximum atomic E-state index is 6.16. The summed E-state index contributed by atoms with van der Waals surface area (Å²) in [5, 5.41) is 0.939. The number of furan rings is 1. The lowest BCUT2D eigenvalue weighted by Crippen LogP contribution is -2.29. The highest BCUT2D eigenvalue weighted by Gasteiger charge is 2.25. The molecule has 0 fully saturated rings. The number of fused-ring (bicyclic) bond motifs is 3. The van der Waals surface area contributed by atoms with Gasteiger partial charge in [-0.2, -0.15) is 4.98 Å². The molecule has 5 rings (SSSR count). The van der Waals surface area contributed by atoms with Crippen molar-refractivity contribution in [2.24, 2.45) is 5.84 Å². The third kappa shape index (κ3) is 3.52. The van der Waals surface area contributed by atoms with Crippen LogP contribution in [0.3, 0.4) is 0 Å². The molecule has 0 atom stereocenters. The van der Waals surface area contributed by atoms with Crippen molar-refractivity contribution in [1.29, 1.82) is 0 Å². The van der Waals surface area contributed by atoms with Gasteiger partial charge in [-0.1, -0.05) is 72.9 Å². The molecule has 0 radical (unpaired) electrons. The first kappa shape index (κ1) is 19.0. The van der Waals surface area contributed by atoms with Gasteiger partial charge in [-0.25, -0.2) is 5.84 Å². The first-order chi connectivity index (χ1) is 14.7. The maximum absolute atomic E-state index is 6.16. The van der Waals surface area contributed by atoms with E-state index in [9.17, 15) is 0 Å². The second kappa shape index (κ2) is 8.02. The number of hydrazine groups is 1. The van der Waals surface area contributed by atoms with Crippen LogP contribution in [0.25, 0.3) is 11.1 Å². The molecule has 0 saturated carbocycles. The zero-order chi connectivity index (χ0) is 20.5. The van der Waals surface area contributed by atoms with Crippen LogP contribution in [0.15, 0.2) is 65.1 Å². The van der Waals surface area contributed by atoms with E-state index in [1.807, 2.05) is 28.8 Å². The summed E-state index contributed by atoms with van der Waals surface area (Å²) >= 11 is 5.87. The van der Waals surface area contributed by atoms with Gasteiger partial charge in [0.15, 0.2) is 0 Å². The molecule has 3 N–H and O–H groups in total. The fourth-order valence-electron chi connectivity index (χ4n) is 4.13. The van der Waals surface area contributed by atoms with Crippen LogP contribution in [0, 0.1) is 4.64 Å². The van der Waals surface area contributed by atoms with Crippen molar-refractivity contribution in [3.8, 4) is 0 Å². The van der Waals surface area contributed by atoms with E-state index in [1.54, 1.807) is 0 Å². The Kier molecular flexibility index (Phi) is 5.08. The smallest absolute Gasteiger partial charge is 0.232 e. The molecule has 0 saturated heterocycles. The Hall–Kier alpha value is -3.00. The summed E-state index contributed by atoms with van der Waals surface area (Å²) in [6, 6.07) is 20.7. The van der Waals surface area contributed by atoms with Crippen LogP contribution in [-0.2, 0) is 26.1 Å². The number of nitrogens with two attached hydrogens (primary N) is 1. The third-order valence-corrected chi connectivity index (χ3v) is 6.03. The SMILES string of the molecule is NNc1nc2oc3c(c2c(=S)n1Cc1ccccc1)CCN(Cc1ccccc1)C3. The standard InChI is InChI=1S/C23H23N5OS/c24-26-23-25-21-20(22(30)28(23)14-17-9-5-2-6-10-17)18-11-12-27(15-19(18)29-21)13-16-7-3-1-4-8-16/h1-10H,11-15,24H2,(H,25,26). The number of hydrogen-bond donors (Lipinski definition) is 2. The molecule has 152 valence electrons. The molecule has 4 aromatic rings. The number of nitrogen functional groups attached to an aromatic ring is 1. The molecule has 6 nitrogen and oxygen atoms in total. The number of benzene rings is 2. The zero-order valence-corrected chi connectivity index (χ0v) is 17.4. The highest BCUT2D eigenvalue weighted by molar-refractivity contribution is 7.71. The second-order valence-electron chi connectivity index (χ2n) is 7.59. The van der Waals surface area contributed by atoms with Gasteiger partial charge in [0.05, 0.1) is 18.5 Å². The largest absolute Gasteiger partial charge is 0.441 e. The Morgan fingerprint density at radius 2 is 1.67 bits per heavy atom. The highest BCUT2D eigenvalue weighted by atomic mass is 32.1. The molecule has 0 amide bonds. The first-order valence-corrected chi connectivity index (χ1v) is 10.5. The first-order valence-electron chi connectivity index (χ1n) is 10.0. The van der Waals surface area contributed by atoms with Crippen molar-refractivity contribution in [2.45, 2.75) is 26.1 Å². The summed E-state index contributed by atoms with van der Waals surface area (Å²) in [4.78, 5) is 7.03. The summed E-state index contributed by atoms with van der Waals surface area (Å²) in [6.07, 6.45) is 0.890. The van der Waals surface area contributed by atoms with Crippen LogP contribution in [0.1, 0.15) is 22.5 Å². The topological polar surface area (TPSA) is 72.2 Å². The maximum Gasteiger partial charge on any atom is 0.232 e. The van der Waals surface area contributed by atoms with Gasteiger partial charge in [-0.15, -0.1) is 0 Å². The molecule has 30 heavy (non-hydrogen) atoms. The van der Waals surface area contributed by atoms with Crippen LogP contribution in [0.2, 0.25) is 0 Å². The summed E-state index contributed by atoms with van der Waals surface area (Å²) < 4.78 is 8.81. The van der Waals surface area contributed by atoms with E-state index in [2.05, 4.69) is 51.7 Å². The zero-order valence-electron chi connectivity index (χ0n) is 16.5. The van der Waals surface area contributed by atoms with Gasteiger partial charge in [-0.3, -0.25) is 14.9 Å². The lowest BCUT2D eigenvalue weighted by molar-refractivity contribution is 0.223. The predicted molar refractivity (Wildman–Crippen MR) is 120 cm³/mol. The minimum absolute atomic E-state index is 0.503. The Morgan fingerprint density at radius 1 is 1.00 bits per heavy atom. The van der Waals surface area contributed by atoms with E-state index in [0.717, 1.165) is 42.8 Å². The Balaban J connectivity index is 1.51. The molecule has 7 heteroatoms. The summed E-state index contributed by atoms with van der Waals surface area (Å²) in [5.74, 6) is 7.22. The van der Waals surface area contributed by atoms with Crippen LogP contribution in [0.4, 0.5) is 5.95 Å². The van der Waals surface area contributed by atoms with Gasteiger partial charge in [0.1, 0.15) is 10.4 Å². The number of nitrogens with one attached hydrogen (secondary N) is 1. The Labute approximate surface area is 179 Å². The van der Waals surface area contributed by atoms with Gasteiger partial charge in [0.2, 0.25) is 11.7 Å². The van der Waals surface area contributed by atoms with Crippen molar-refractivity contribution in [1.82, 2.24) is 14.5 Å². The lowest BCUT2D eigenvalue weighted by atomic mass is 10.0. The fourth-order valence-corrected chi connectivity index (χ4v) is 4.49. The van der Waals surface area contributed by atoms with E-state index in [0.29, 0.717) is 22.8 Å². The molecular weight excluding hydrogens is 394 g/mol. The Morgan fingerprint density at radius 3 is 2.33 bits per heavy atom. The monoisotopic (exact) mass is 417 g/mol. The van der Waals surface area contributed by atoms with E-state index in [1.165, 1.54) is 11.1 Å². The van der Waals surface area contributed by atoms with Crippen LogP contribution in [0.5, 0.6) is 0 Å². The molecule has 1 aliphatic rings. The molecular formula is C23H23N5OS. The molecule has 0 spiro atoms. The molecule has 0 aliphatic carbocycles. The van der Waals surface area contributed by atoms with Crippen LogP contribution >= 0.6 is 12.2 Å². The number of hydrogen-bond acceptors (Lipinski definition) is 6. The number of rotatable bonds is 5. The van der Waals surface area contributed by atoms with Crippen molar-refractivity contribution in [3.63, 3.8) is 0 Å². The molecule has 2 aromatic carbocycles. The van der Waals surface area contributed by atoms with Crippen LogP contribution < -0.4 is 11.3 Å². The van der Waals surface area contributed by atoms with Gasteiger partial charge in [0.25, 0.3) is 0 Å². The normalized spacial score (nSPS) is 14.0.